The van der Waals surface area contributed by atoms with E-state index >= 15 is 0 Å². The first-order chi connectivity index (χ1) is 15.4. The average molecular weight is 515 g/mol. The van der Waals surface area contributed by atoms with Crippen LogP contribution in [0, 0.1) is 17.5 Å². The molecule has 0 saturated heterocycles. The molecule has 0 saturated carbocycles. The minimum absolute atomic E-state index is 0. The molecule has 3 rings (SSSR count). The zero-order valence-electron chi connectivity index (χ0n) is 17.8. The fourth-order valence-corrected chi connectivity index (χ4v) is 3.59. The predicted octanol–water partition coefficient (Wildman–Crippen LogP) is 3.22. The molecule has 1 aromatic heterocycles. The number of hydrogen-bond acceptors (Lipinski definition) is 5. The number of nitrogens with two attached hydrogens (primary N) is 1. The number of benzene rings is 1. The molecular weight excluding hydrogens is 494 g/mol. The number of carbonyl (C=O) groups is 2. The molecule has 1 amide bonds. The van der Waals surface area contributed by atoms with Crippen molar-refractivity contribution in [2.24, 2.45) is 5.73 Å². The third kappa shape index (κ3) is 5.81. The minimum atomic E-state index is -4.82. The molecule has 0 radical (unpaired) electrons. The lowest BCUT2D eigenvalue weighted by Crippen LogP contribution is -2.42. The average Bonchev–Trinajstić information content (AvgIpc) is 3.11. The van der Waals surface area contributed by atoms with Crippen LogP contribution in [0.4, 0.5) is 26.3 Å². The van der Waals surface area contributed by atoms with Gasteiger partial charge in [0.2, 0.25) is 11.7 Å². The summed E-state index contributed by atoms with van der Waals surface area (Å²) in [7, 11) is 0. The molecule has 2 N–H and O–H groups in total. The summed E-state index contributed by atoms with van der Waals surface area (Å²) in [6, 6.07) is 0.0535. The summed E-state index contributed by atoms with van der Waals surface area (Å²) in [6.45, 7) is 0.681. The van der Waals surface area contributed by atoms with Crippen molar-refractivity contribution in [3.05, 3.63) is 52.4 Å². The van der Waals surface area contributed by atoms with Crippen LogP contribution in [-0.2, 0) is 35.2 Å². The van der Waals surface area contributed by atoms with E-state index < -0.39 is 53.1 Å². The largest absolute Gasteiger partial charge is 0.461 e. The zero-order chi connectivity index (χ0) is 24.5. The molecule has 7 nitrogen and oxygen atoms in total. The Labute approximate surface area is 196 Å². The topological polar surface area (TPSA) is 90.5 Å². The number of rotatable bonds is 6. The van der Waals surface area contributed by atoms with Gasteiger partial charge in [-0.3, -0.25) is 4.79 Å². The van der Waals surface area contributed by atoms with Gasteiger partial charge in [0.05, 0.1) is 18.8 Å². The highest BCUT2D eigenvalue weighted by atomic mass is 35.5. The van der Waals surface area contributed by atoms with Gasteiger partial charge in [0.25, 0.3) is 0 Å². The van der Waals surface area contributed by atoms with Crippen LogP contribution in [0.2, 0.25) is 0 Å². The number of alkyl halides is 3. The van der Waals surface area contributed by atoms with Crippen molar-refractivity contribution in [1.29, 1.82) is 0 Å². The number of imidazole rings is 1. The van der Waals surface area contributed by atoms with Crippen molar-refractivity contribution in [3.8, 4) is 0 Å². The number of ether oxygens (including phenoxy) is 1. The number of esters is 1. The first-order valence-electron chi connectivity index (χ1n) is 9.92. The molecule has 14 heteroatoms. The maximum absolute atomic E-state index is 13.8. The SMILES string of the molecule is CCOC(=O)c1nc(C(F)(F)F)n2c1CN(C(=O)C[C@H](N)Cc1cc(F)c(F)cc1F)CC2.Cl. The van der Waals surface area contributed by atoms with Gasteiger partial charge in [0.15, 0.2) is 17.3 Å². The molecule has 0 fully saturated rings. The highest BCUT2D eigenvalue weighted by Gasteiger charge is 2.42. The predicted molar refractivity (Wildman–Crippen MR) is 108 cm³/mol. The molecule has 1 atom stereocenters. The maximum Gasteiger partial charge on any atom is 0.449 e. The van der Waals surface area contributed by atoms with Crippen molar-refractivity contribution in [2.45, 2.75) is 45.1 Å². The number of hydrogen-bond donors (Lipinski definition) is 1. The van der Waals surface area contributed by atoms with Gasteiger partial charge in [-0.1, -0.05) is 0 Å². The summed E-state index contributed by atoms with van der Waals surface area (Å²) in [5.41, 5.74) is 5.00. The Bertz CT molecular complexity index is 1080. The van der Waals surface area contributed by atoms with Crippen LogP contribution in [0.1, 0.15) is 40.9 Å². The number of carbonyl (C=O) groups excluding carboxylic acids is 2. The van der Waals surface area contributed by atoms with Crippen molar-refractivity contribution in [1.82, 2.24) is 14.5 Å². The molecule has 1 aliphatic rings. The van der Waals surface area contributed by atoms with Crippen molar-refractivity contribution in [2.75, 3.05) is 13.2 Å². The highest BCUT2D eigenvalue weighted by Crippen LogP contribution is 2.32. The van der Waals surface area contributed by atoms with Crippen LogP contribution in [0.3, 0.4) is 0 Å². The van der Waals surface area contributed by atoms with Gasteiger partial charge >= 0.3 is 12.1 Å². The molecule has 0 aliphatic carbocycles. The first kappa shape index (κ1) is 27.4. The lowest BCUT2D eigenvalue weighted by molar-refractivity contribution is -0.148. The lowest BCUT2D eigenvalue weighted by atomic mass is 10.0. The standard InChI is InChI=1S/C20H20F6N4O3.ClH/c1-2-33-18(32)17-15-9-29(3-4-30(15)19(28-17)20(24,25)26)16(31)7-11(27)5-10-6-13(22)14(23)8-12(10)21;/h6,8,11H,2-5,7,9,27H2,1H3;1H/t11-;/m1./s1. The normalized spacial score (nSPS) is 14.3. The smallest absolute Gasteiger partial charge is 0.449 e. The quantitative estimate of drug-likeness (QED) is 0.363. The van der Waals surface area contributed by atoms with Crippen LogP contribution in [0.25, 0.3) is 0 Å². The van der Waals surface area contributed by atoms with E-state index in [1.807, 2.05) is 0 Å². The van der Waals surface area contributed by atoms with Crippen LogP contribution < -0.4 is 5.73 Å². The second-order valence-electron chi connectivity index (χ2n) is 7.44. The Hall–Kier alpha value is -2.80. The monoisotopic (exact) mass is 514 g/mol. The van der Waals surface area contributed by atoms with Gasteiger partial charge in [-0.05, 0) is 25.0 Å². The van der Waals surface area contributed by atoms with E-state index in [1.54, 1.807) is 0 Å². The number of amides is 1. The second-order valence-corrected chi connectivity index (χ2v) is 7.44. The van der Waals surface area contributed by atoms with E-state index in [0.29, 0.717) is 12.1 Å². The molecule has 1 aliphatic heterocycles. The highest BCUT2D eigenvalue weighted by molar-refractivity contribution is 5.89. The maximum atomic E-state index is 13.8. The summed E-state index contributed by atoms with van der Waals surface area (Å²) in [5, 5.41) is 0. The van der Waals surface area contributed by atoms with Gasteiger partial charge < -0.3 is 19.9 Å². The third-order valence-corrected chi connectivity index (χ3v) is 5.09. The Morgan fingerprint density at radius 3 is 2.41 bits per heavy atom. The Morgan fingerprint density at radius 1 is 1.15 bits per heavy atom. The number of nitrogens with zero attached hydrogens (tertiary/aromatic N) is 3. The van der Waals surface area contributed by atoms with Crippen LogP contribution in [0.15, 0.2) is 12.1 Å². The lowest BCUT2D eigenvalue weighted by Gasteiger charge is -2.30. The Morgan fingerprint density at radius 2 is 1.79 bits per heavy atom. The third-order valence-electron chi connectivity index (χ3n) is 5.09. The van der Waals surface area contributed by atoms with E-state index in [9.17, 15) is 35.9 Å². The van der Waals surface area contributed by atoms with E-state index in [4.69, 9.17) is 10.5 Å². The van der Waals surface area contributed by atoms with Gasteiger partial charge in [0.1, 0.15) is 5.82 Å². The molecule has 2 aromatic rings. The van der Waals surface area contributed by atoms with E-state index in [1.165, 1.54) is 11.8 Å². The molecule has 1 aromatic carbocycles. The number of fused-ring (bicyclic) bond motifs is 1. The molecule has 188 valence electrons. The summed E-state index contributed by atoms with van der Waals surface area (Å²) in [4.78, 5) is 29.4. The fourth-order valence-electron chi connectivity index (χ4n) is 3.59. The molecule has 0 spiro atoms. The van der Waals surface area contributed by atoms with Gasteiger partial charge in [-0.25, -0.2) is 22.9 Å². The fraction of sp³-hybridized carbons (Fsp3) is 0.450. The first-order valence-corrected chi connectivity index (χ1v) is 9.92. The summed E-state index contributed by atoms with van der Waals surface area (Å²) in [6.07, 6.45) is -5.43. The van der Waals surface area contributed by atoms with Gasteiger partial charge in [-0.15, -0.1) is 12.4 Å². The molecule has 0 bridgehead atoms. The van der Waals surface area contributed by atoms with Crippen LogP contribution >= 0.6 is 12.4 Å². The van der Waals surface area contributed by atoms with Crippen LogP contribution in [-0.4, -0.2) is 45.5 Å². The molecule has 2 heterocycles. The van der Waals surface area contributed by atoms with Crippen molar-refractivity contribution in [3.63, 3.8) is 0 Å². The molecule has 0 unspecified atom stereocenters. The van der Waals surface area contributed by atoms with Crippen LogP contribution in [0.5, 0.6) is 0 Å². The Kier molecular flexibility index (Phi) is 8.59. The number of halogens is 7. The molecule has 34 heavy (non-hydrogen) atoms. The van der Waals surface area contributed by atoms with E-state index in [2.05, 4.69) is 4.98 Å². The van der Waals surface area contributed by atoms with Crippen molar-refractivity contribution >= 4 is 24.3 Å². The summed E-state index contributed by atoms with van der Waals surface area (Å²) in [5.74, 6) is -6.52. The van der Waals surface area contributed by atoms with E-state index in [-0.39, 0.29) is 62.7 Å². The second kappa shape index (κ2) is 10.6. The van der Waals surface area contributed by atoms with Gasteiger partial charge in [0, 0.05) is 31.6 Å². The summed E-state index contributed by atoms with van der Waals surface area (Å²) >= 11 is 0. The zero-order valence-corrected chi connectivity index (χ0v) is 18.6. The minimum Gasteiger partial charge on any atom is -0.461 e. The number of aromatic nitrogens is 2. The Balaban J connectivity index is 0.00000408. The summed E-state index contributed by atoms with van der Waals surface area (Å²) < 4.78 is 85.9. The molecular formula is C20H21ClF6N4O3. The van der Waals surface area contributed by atoms with E-state index in [0.717, 1.165) is 4.57 Å². The van der Waals surface area contributed by atoms with Gasteiger partial charge in [-0.2, -0.15) is 13.2 Å². The van der Waals surface area contributed by atoms with Crippen molar-refractivity contribution < 1.29 is 40.7 Å².